The molecule has 9 rings (SSSR count). The van der Waals surface area contributed by atoms with Gasteiger partial charge in [-0.05, 0) is 106 Å². The second kappa shape index (κ2) is 15.3. The number of benzene rings is 7. The van der Waals surface area contributed by atoms with Gasteiger partial charge in [0.1, 0.15) is 0 Å². The zero-order valence-electron chi connectivity index (χ0n) is 32.8. The molecule has 14 nitrogen and oxygen atoms in total. The number of hydrogen-bond donors (Lipinski definition) is 4. The fourth-order valence-corrected chi connectivity index (χ4v) is 8.31. The van der Waals surface area contributed by atoms with E-state index >= 15 is 0 Å². The molecule has 310 valence electrons. The quantitative estimate of drug-likeness (QED) is 0.0751. The largest absolute Gasteiger partial charge is 0.478 e. The molecule has 0 saturated carbocycles. The van der Waals surface area contributed by atoms with Gasteiger partial charge < -0.3 is 20.4 Å². The van der Waals surface area contributed by atoms with Crippen molar-refractivity contribution in [2.24, 2.45) is 0 Å². The molecular formula is C50H28N2O12. The highest BCUT2D eigenvalue weighted by atomic mass is 16.4. The summed E-state index contributed by atoms with van der Waals surface area (Å²) in [5, 5.41) is 39.0. The molecule has 2 aliphatic heterocycles. The van der Waals surface area contributed by atoms with Gasteiger partial charge in [-0.1, -0.05) is 60.7 Å². The minimum absolute atomic E-state index is 0.0543. The van der Waals surface area contributed by atoms with Crippen LogP contribution in [0.2, 0.25) is 0 Å². The lowest BCUT2D eigenvalue weighted by molar-refractivity contribution is -0.132. The Balaban J connectivity index is 1.06. The molecule has 2 aliphatic rings. The van der Waals surface area contributed by atoms with E-state index in [2.05, 4.69) is 0 Å². The Morgan fingerprint density at radius 3 is 0.953 bits per heavy atom. The molecule has 64 heavy (non-hydrogen) atoms. The first-order chi connectivity index (χ1) is 30.7. The molecule has 0 aliphatic carbocycles. The van der Waals surface area contributed by atoms with E-state index in [-0.39, 0.29) is 66.3 Å². The molecule has 4 amide bonds. The summed E-state index contributed by atoms with van der Waals surface area (Å²) in [5.41, 5.74) is 3.23. The molecule has 7 aromatic carbocycles. The van der Waals surface area contributed by atoms with Crippen LogP contribution in [0.15, 0.2) is 133 Å². The van der Waals surface area contributed by atoms with Crippen LogP contribution in [0, 0.1) is 0 Å². The van der Waals surface area contributed by atoms with Gasteiger partial charge in [0.05, 0.1) is 22.5 Å². The second-order valence-corrected chi connectivity index (χ2v) is 14.7. The molecule has 0 aromatic heterocycles. The highest BCUT2D eigenvalue weighted by Gasteiger charge is 2.38. The Kier molecular flexibility index (Phi) is 9.60. The topological polar surface area (TPSA) is 224 Å². The number of hydrogen-bond acceptors (Lipinski definition) is 8. The average Bonchev–Trinajstić information content (AvgIpc) is 3.28. The van der Waals surface area contributed by atoms with Gasteiger partial charge in [0, 0.05) is 56.0 Å². The van der Waals surface area contributed by atoms with Crippen LogP contribution in [0.1, 0.15) is 73.3 Å². The van der Waals surface area contributed by atoms with Crippen LogP contribution in [0.25, 0.3) is 56.0 Å². The number of carboxylic acid groups (broad SMARTS) is 4. The number of rotatable bonds is 10. The lowest BCUT2D eigenvalue weighted by Crippen LogP contribution is -2.41. The molecule has 0 saturated heterocycles. The number of nitrogens with zero attached hydrogens (tertiary/aromatic N) is 2. The van der Waals surface area contributed by atoms with Gasteiger partial charge in [-0.25, -0.2) is 29.0 Å². The first kappa shape index (κ1) is 40.1. The zero-order chi connectivity index (χ0) is 45.1. The van der Waals surface area contributed by atoms with Crippen molar-refractivity contribution in [3.8, 4) is 22.3 Å². The molecule has 0 atom stereocenters. The average molecular weight is 849 g/mol. The molecule has 14 heteroatoms. The molecule has 0 bridgehead atoms. The number of carbonyl (C=O) groups excluding carboxylic acids is 4. The molecule has 0 spiro atoms. The summed E-state index contributed by atoms with van der Waals surface area (Å²) in [6.45, 7) is 0. The van der Waals surface area contributed by atoms with E-state index in [0.29, 0.717) is 33.4 Å². The van der Waals surface area contributed by atoms with Gasteiger partial charge in [0.15, 0.2) is 0 Å². The number of aromatic carboxylic acids is 2. The predicted octanol–water partition coefficient (Wildman–Crippen LogP) is 8.52. The molecular weight excluding hydrogens is 821 g/mol. The summed E-state index contributed by atoms with van der Waals surface area (Å²) in [7, 11) is 0. The Hall–Kier alpha value is -9.30. The van der Waals surface area contributed by atoms with Crippen molar-refractivity contribution >= 4 is 92.6 Å². The van der Waals surface area contributed by atoms with Crippen LogP contribution < -0.4 is 9.80 Å². The first-order valence-electron chi connectivity index (χ1n) is 19.3. The lowest BCUT2D eigenvalue weighted by Gasteiger charge is -2.30. The maximum absolute atomic E-state index is 14.2. The standard InChI is InChI=1S/C50H28N2O12/c53-39(54)23-5-25-1-7-27(8-2-25)31-15-17-33-43-35(19-21-37(41(31)43)49(61)62)47(59)51(45(33)57)29-11-13-30(14-12-29)52-46(58)34-18-16-32(28-9-3-26(4-10-28)6-24-40(55)56)42-38(50(63)64)22-20-36(44(34)42)48(52)60/h1-24H,(H,53,54)(H,55,56)(H,61,62)(H,63,64)/b23-5+,24-6+. The molecule has 4 N–H and O–H groups in total. The third-order valence-electron chi connectivity index (χ3n) is 11.2. The first-order valence-corrected chi connectivity index (χ1v) is 19.3. The summed E-state index contributed by atoms with van der Waals surface area (Å²) in [4.78, 5) is 106. The monoisotopic (exact) mass is 848 g/mol. The van der Waals surface area contributed by atoms with Crippen LogP contribution in [0.4, 0.5) is 11.4 Å². The molecule has 0 unspecified atom stereocenters. The van der Waals surface area contributed by atoms with Gasteiger partial charge >= 0.3 is 23.9 Å². The normalized spacial score (nSPS) is 13.4. The van der Waals surface area contributed by atoms with E-state index in [9.17, 15) is 48.6 Å². The van der Waals surface area contributed by atoms with Crippen LogP contribution in [0.3, 0.4) is 0 Å². The number of aliphatic carboxylic acids is 2. The van der Waals surface area contributed by atoms with E-state index in [1.807, 2.05) is 0 Å². The number of carboxylic acids is 4. The zero-order valence-corrected chi connectivity index (χ0v) is 32.8. The summed E-state index contributed by atoms with van der Waals surface area (Å²) in [5.74, 6) is -7.82. The van der Waals surface area contributed by atoms with Crippen molar-refractivity contribution in [3.63, 3.8) is 0 Å². The number of anilines is 2. The summed E-state index contributed by atoms with van der Waals surface area (Å²) < 4.78 is 0. The fourth-order valence-electron chi connectivity index (χ4n) is 8.31. The minimum atomic E-state index is -1.29. The van der Waals surface area contributed by atoms with Gasteiger partial charge in [0.2, 0.25) is 0 Å². The van der Waals surface area contributed by atoms with E-state index in [4.69, 9.17) is 10.2 Å². The van der Waals surface area contributed by atoms with Gasteiger partial charge in [-0.15, -0.1) is 0 Å². The van der Waals surface area contributed by atoms with Crippen molar-refractivity contribution in [1.29, 1.82) is 0 Å². The Bertz CT molecular complexity index is 3080. The molecule has 0 fully saturated rings. The van der Waals surface area contributed by atoms with Crippen molar-refractivity contribution < 1.29 is 58.8 Å². The maximum atomic E-state index is 14.2. The smallest absolute Gasteiger partial charge is 0.336 e. The van der Waals surface area contributed by atoms with E-state index in [1.165, 1.54) is 72.8 Å². The van der Waals surface area contributed by atoms with Crippen LogP contribution in [0.5, 0.6) is 0 Å². The van der Waals surface area contributed by atoms with Crippen LogP contribution >= 0.6 is 0 Å². The second-order valence-electron chi connectivity index (χ2n) is 14.7. The lowest BCUT2D eigenvalue weighted by atomic mass is 9.86. The van der Waals surface area contributed by atoms with Crippen molar-refractivity contribution in [1.82, 2.24) is 0 Å². The van der Waals surface area contributed by atoms with Crippen LogP contribution in [-0.4, -0.2) is 67.9 Å². The van der Waals surface area contributed by atoms with E-state index in [0.717, 1.165) is 22.0 Å². The van der Waals surface area contributed by atoms with E-state index < -0.39 is 47.5 Å². The fraction of sp³-hybridized carbons (Fsp3) is 0. The van der Waals surface area contributed by atoms with Crippen LogP contribution in [-0.2, 0) is 9.59 Å². The summed E-state index contributed by atoms with van der Waals surface area (Å²) >= 11 is 0. The molecule has 2 heterocycles. The maximum Gasteiger partial charge on any atom is 0.336 e. The SMILES string of the molecule is O=C(O)/C=C/c1ccc(-c2ccc3c4c(ccc(C(=O)O)c24)C(=O)N(c2ccc(N4C(=O)c5ccc(C(=O)O)c6c(-c7ccc(/C=C/C(=O)O)cc7)ccc(c56)C4=O)cc2)C3=O)cc1. The van der Waals surface area contributed by atoms with Gasteiger partial charge in [-0.2, -0.15) is 0 Å². The number of carbonyl (C=O) groups is 8. The highest BCUT2D eigenvalue weighted by molar-refractivity contribution is 6.39. The third-order valence-corrected chi connectivity index (χ3v) is 11.2. The number of amides is 4. The Morgan fingerprint density at radius 1 is 0.359 bits per heavy atom. The summed E-state index contributed by atoms with van der Waals surface area (Å²) in [6.07, 6.45) is 4.76. The third kappa shape index (κ3) is 6.55. The highest BCUT2D eigenvalue weighted by Crippen LogP contribution is 2.42. The molecule has 0 radical (unpaired) electrons. The Morgan fingerprint density at radius 2 is 0.656 bits per heavy atom. The molecule has 7 aromatic rings. The Labute approximate surface area is 360 Å². The van der Waals surface area contributed by atoms with Crippen molar-refractivity contribution in [2.75, 3.05) is 9.80 Å². The summed E-state index contributed by atoms with van der Waals surface area (Å²) in [6, 6.07) is 30.3. The van der Waals surface area contributed by atoms with Crippen molar-refractivity contribution in [3.05, 3.63) is 178 Å². The van der Waals surface area contributed by atoms with Gasteiger partial charge in [-0.3, -0.25) is 19.2 Å². The van der Waals surface area contributed by atoms with Crippen molar-refractivity contribution in [2.45, 2.75) is 0 Å². The van der Waals surface area contributed by atoms with E-state index in [1.54, 1.807) is 60.7 Å². The predicted molar refractivity (Wildman–Crippen MR) is 235 cm³/mol. The number of imide groups is 2. The minimum Gasteiger partial charge on any atom is -0.478 e. The van der Waals surface area contributed by atoms with Gasteiger partial charge in [0.25, 0.3) is 23.6 Å².